The van der Waals surface area contributed by atoms with Gasteiger partial charge in [0.1, 0.15) is 11.6 Å². The Kier molecular flexibility index (Phi) is 6.11. The fourth-order valence-electron chi connectivity index (χ4n) is 2.27. The average molecular weight is 344 g/mol. The molecule has 0 saturated carbocycles. The van der Waals surface area contributed by atoms with Gasteiger partial charge in [0.15, 0.2) is 6.10 Å². The van der Waals surface area contributed by atoms with Crippen LogP contribution in [0.4, 0.5) is 10.1 Å². The fourth-order valence-corrected chi connectivity index (χ4v) is 2.27. The molecule has 0 aliphatic heterocycles. The molecule has 0 saturated heterocycles. The van der Waals surface area contributed by atoms with Gasteiger partial charge >= 0.3 is 0 Å². The highest BCUT2D eigenvalue weighted by molar-refractivity contribution is 5.90. The summed E-state index contributed by atoms with van der Waals surface area (Å²) in [6.45, 7) is 4.83. The van der Waals surface area contributed by atoms with Crippen LogP contribution < -0.4 is 15.4 Å². The van der Waals surface area contributed by atoms with Gasteiger partial charge in [-0.2, -0.15) is 0 Å². The summed E-state index contributed by atoms with van der Waals surface area (Å²) in [6, 6.07) is 12.6. The van der Waals surface area contributed by atoms with Gasteiger partial charge in [0.2, 0.25) is 5.91 Å². The van der Waals surface area contributed by atoms with Crippen LogP contribution >= 0.6 is 0 Å². The van der Waals surface area contributed by atoms with Crippen molar-refractivity contribution in [2.75, 3.05) is 5.32 Å². The van der Waals surface area contributed by atoms with Crippen LogP contribution in [0.1, 0.15) is 32.4 Å². The van der Waals surface area contributed by atoms with Gasteiger partial charge in [-0.05, 0) is 43.7 Å². The number of hydrogen-bond acceptors (Lipinski definition) is 3. The Morgan fingerprint density at radius 2 is 1.68 bits per heavy atom. The lowest BCUT2D eigenvalue weighted by atomic mass is 10.1. The highest BCUT2D eigenvalue weighted by atomic mass is 19.1. The molecule has 2 rings (SSSR count). The number of ether oxygens (including phenoxy) is 1. The van der Waals surface area contributed by atoms with Gasteiger partial charge in [-0.25, -0.2) is 4.39 Å². The number of rotatable bonds is 6. The Hall–Kier alpha value is -2.89. The van der Waals surface area contributed by atoms with Crippen LogP contribution in [0.15, 0.2) is 48.5 Å². The van der Waals surface area contributed by atoms with Gasteiger partial charge in [-0.1, -0.05) is 24.3 Å². The minimum Gasteiger partial charge on any atom is -0.479 e. The second-order valence-electron chi connectivity index (χ2n) is 5.72. The lowest BCUT2D eigenvalue weighted by Crippen LogP contribution is -2.37. The Morgan fingerprint density at radius 3 is 2.32 bits per heavy atom. The highest BCUT2D eigenvalue weighted by Crippen LogP contribution is 2.25. The topological polar surface area (TPSA) is 67.4 Å². The highest BCUT2D eigenvalue weighted by Gasteiger charge is 2.19. The van der Waals surface area contributed by atoms with Crippen molar-refractivity contribution < 1.29 is 18.7 Å². The predicted octanol–water partition coefficient (Wildman–Crippen LogP) is 3.43. The molecule has 0 radical (unpaired) electrons. The normalized spacial score (nSPS) is 12.8. The van der Waals surface area contributed by atoms with Crippen molar-refractivity contribution in [2.24, 2.45) is 0 Å². The summed E-state index contributed by atoms with van der Waals surface area (Å²) in [5, 5.41) is 5.48. The second-order valence-corrected chi connectivity index (χ2v) is 5.72. The van der Waals surface area contributed by atoms with Crippen LogP contribution in [0, 0.1) is 5.82 Å². The molecule has 0 aliphatic carbocycles. The summed E-state index contributed by atoms with van der Waals surface area (Å²) >= 11 is 0. The van der Waals surface area contributed by atoms with Gasteiger partial charge in [0.25, 0.3) is 5.91 Å². The first-order chi connectivity index (χ1) is 11.9. The van der Waals surface area contributed by atoms with Crippen molar-refractivity contribution in [1.82, 2.24) is 5.32 Å². The Balaban J connectivity index is 2.01. The van der Waals surface area contributed by atoms with E-state index in [2.05, 4.69) is 10.6 Å². The number of halogens is 1. The van der Waals surface area contributed by atoms with E-state index in [1.807, 2.05) is 6.92 Å². The zero-order chi connectivity index (χ0) is 18.4. The maximum Gasteiger partial charge on any atom is 0.261 e. The molecular formula is C19H21FN2O3. The SMILES string of the molecule is CC(=O)Nc1ccccc1O[C@H](C)C(=O)N[C@H](C)c1ccc(F)cc1. The molecule has 5 nitrogen and oxygen atoms in total. The molecule has 0 heterocycles. The van der Waals surface area contributed by atoms with E-state index in [-0.39, 0.29) is 23.7 Å². The third-order valence-electron chi connectivity index (χ3n) is 3.60. The lowest BCUT2D eigenvalue weighted by molar-refractivity contribution is -0.127. The average Bonchev–Trinajstić information content (AvgIpc) is 2.56. The Bertz CT molecular complexity index is 747. The van der Waals surface area contributed by atoms with E-state index < -0.39 is 6.10 Å². The maximum atomic E-state index is 13.0. The van der Waals surface area contributed by atoms with Crippen molar-refractivity contribution in [3.63, 3.8) is 0 Å². The van der Waals surface area contributed by atoms with Crippen molar-refractivity contribution in [2.45, 2.75) is 32.9 Å². The summed E-state index contributed by atoms with van der Waals surface area (Å²) in [5.41, 5.74) is 1.29. The number of amides is 2. The summed E-state index contributed by atoms with van der Waals surface area (Å²) in [7, 11) is 0. The zero-order valence-corrected chi connectivity index (χ0v) is 14.4. The monoisotopic (exact) mass is 344 g/mol. The van der Waals surface area contributed by atoms with Gasteiger partial charge in [0.05, 0.1) is 11.7 Å². The predicted molar refractivity (Wildman–Crippen MR) is 93.8 cm³/mol. The summed E-state index contributed by atoms with van der Waals surface area (Å²) in [6.07, 6.45) is -0.766. The first kappa shape index (κ1) is 18.4. The standard InChI is InChI=1S/C19H21FN2O3/c1-12(15-8-10-16(20)11-9-15)21-19(24)13(2)25-18-7-5-4-6-17(18)22-14(3)23/h4-13H,1-3H3,(H,21,24)(H,22,23)/t12-,13-/m1/s1. The van der Waals surface area contributed by atoms with Crippen LogP contribution in [0.3, 0.4) is 0 Å². The second kappa shape index (κ2) is 8.28. The summed E-state index contributed by atoms with van der Waals surface area (Å²) < 4.78 is 18.7. The molecule has 2 N–H and O–H groups in total. The third kappa shape index (κ3) is 5.31. The smallest absolute Gasteiger partial charge is 0.261 e. The quantitative estimate of drug-likeness (QED) is 0.844. The largest absolute Gasteiger partial charge is 0.479 e. The molecule has 2 aromatic carbocycles. The Labute approximate surface area is 146 Å². The number of carbonyl (C=O) groups excluding carboxylic acids is 2. The molecule has 0 bridgehead atoms. The van der Waals surface area contributed by atoms with Crippen LogP contribution in [-0.4, -0.2) is 17.9 Å². The number of hydrogen-bond donors (Lipinski definition) is 2. The van der Waals surface area contributed by atoms with Crippen LogP contribution in [0.2, 0.25) is 0 Å². The number of para-hydroxylation sites is 2. The van der Waals surface area contributed by atoms with Gasteiger partial charge < -0.3 is 15.4 Å². The lowest BCUT2D eigenvalue weighted by Gasteiger charge is -2.20. The van der Waals surface area contributed by atoms with E-state index in [9.17, 15) is 14.0 Å². The molecule has 0 spiro atoms. The number of carbonyl (C=O) groups is 2. The van der Waals surface area contributed by atoms with E-state index in [0.717, 1.165) is 5.56 Å². The molecule has 2 amide bonds. The van der Waals surface area contributed by atoms with Crippen LogP contribution in [-0.2, 0) is 9.59 Å². The van der Waals surface area contributed by atoms with Crippen LogP contribution in [0.25, 0.3) is 0 Å². The van der Waals surface area contributed by atoms with Crippen molar-refractivity contribution >= 4 is 17.5 Å². The van der Waals surface area contributed by atoms with Crippen molar-refractivity contribution in [3.05, 3.63) is 59.9 Å². The molecule has 25 heavy (non-hydrogen) atoms. The maximum absolute atomic E-state index is 13.0. The number of benzene rings is 2. The first-order valence-electron chi connectivity index (χ1n) is 7.96. The molecule has 6 heteroatoms. The molecular weight excluding hydrogens is 323 g/mol. The van der Waals surface area contributed by atoms with E-state index >= 15 is 0 Å². The molecule has 2 atom stereocenters. The Morgan fingerprint density at radius 1 is 1.04 bits per heavy atom. The third-order valence-corrected chi connectivity index (χ3v) is 3.60. The molecule has 132 valence electrons. The molecule has 0 unspecified atom stereocenters. The van der Waals surface area contributed by atoms with E-state index in [0.29, 0.717) is 11.4 Å². The summed E-state index contributed by atoms with van der Waals surface area (Å²) in [4.78, 5) is 23.6. The first-order valence-corrected chi connectivity index (χ1v) is 7.96. The minimum absolute atomic E-state index is 0.224. The summed E-state index contributed by atoms with van der Waals surface area (Å²) in [5.74, 6) is -0.448. The van der Waals surface area contributed by atoms with Gasteiger partial charge in [0, 0.05) is 6.92 Å². The van der Waals surface area contributed by atoms with Gasteiger partial charge in [-0.3, -0.25) is 9.59 Å². The fraction of sp³-hybridized carbons (Fsp3) is 0.263. The van der Waals surface area contributed by atoms with Crippen molar-refractivity contribution in [3.8, 4) is 5.75 Å². The molecule has 0 aromatic heterocycles. The van der Waals surface area contributed by atoms with E-state index in [1.54, 1.807) is 43.3 Å². The number of nitrogens with one attached hydrogen (secondary N) is 2. The minimum atomic E-state index is -0.766. The number of anilines is 1. The van der Waals surface area contributed by atoms with Crippen LogP contribution in [0.5, 0.6) is 5.75 Å². The van der Waals surface area contributed by atoms with E-state index in [1.165, 1.54) is 19.1 Å². The zero-order valence-electron chi connectivity index (χ0n) is 14.4. The van der Waals surface area contributed by atoms with Gasteiger partial charge in [-0.15, -0.1) is 0 Å². The van der Waals surface area contributed by atoms with Crippen molar-refractivity contribution in [1.29, 1.82) is 0 Å². The molecule has 0 fully saturated rings. The molecule has 2 aromatic rings. The van der Waals surface area contributed by atoms with E-state index in [4.69, 9.17) is 4.74 Å². The molecule has 0 aliphatic rings.